The van der Waals surface area contributed by atoms with Crippen molar-refractivity contribution in [1.82, 2.24) is 19.7 Å². The summed E-state index contributed by atoms with van der Waals surface area (Å²) in [6.45, 7) is 0. The lowest BCUT2D eigenvalue weighted by molar-refractivity contribution is -0.116. The lowest BCUT2D eigenvalue weighted by Gasteiger charge is -2.05. The second-order valence-electron chi connectivity index (χ2n) is 3.94. The monoisotopic (exact) mass is 279 g/mol. The number of nitrogens with zero attached hydrogens (tertiary/aromatic N) is 4. The van der Waals surface area contributed by atoms with Gasteiger partial charge >= 0.3 is 0 Å². The highest BCUT2D eigenvalue weighted by Gasteiger charge is 2.03. The van der Waals surface area contributed by atoms with Crippen LogP contribution in [0.5, 0.6) is 0 Å². The molecule has 2 rings (SSSR count). The molecule has 0 aliphatic heterocycles. The summed E-state index contributed by atoms with van der Waals surface area (Å²) in [7, 11) is 0. The van der Waals surface area contributed by atoms with Crippen molar-refractivity contribution < 1.29 is 4.79 Å². The number of amides is 1. The van der Waals surface area contributed by atoms with Crippen LogP contribution in [0.1, 0.15) is 19.3 Å². The summed E-state index contributed by atoms with van der Waals surface area (Å²) in [5.41, 5.74) is 0.666. The molecule has 0 aliphatic rings. The van der Waals surface area contributed by atoms with Gasteiger partial charge in [0, 0.05) is 12.3 Å². The first-order valence-electron chi connectivity index (χ1n) is 5.96. The van der Waals surface area contributed by atoms with E-state index in [0.29, 0.717) is 23.8 Å². The number of carbonyl (C=O) groups excluding carboxylic acids is 1. The highest BCUT2D eigenvalue weighted by molar-refractivity contribution is 6.17. The lowest BCUT2D eigenvalue weighted by Crippen LogP contribution is -2.11. The molecule has 0 saturated carbocycles. The van der Waals surface area contributed by atoms with Crippen molar-refractivity contribution in [3.63, 3.8) is 0 Å². The van der Waals surface area contributed by atoms with Gasteiger partial charge in [-0.1, -0.05) is 0 Å². The highest BCUT2D eigenvalue weighted by atomic mass is 35.5. The third-order valence-corrected chi connectivity index (χ3v) is 2.74. The van der Waals surface area contributed by atoms with Crippen LogP contribution in [0.15, 0.2) is 31.0 Å². The van der Waals surface area contributed by atoms with Gasteiger partial charge in [0.1, 0.15) is 12.7 Å². The Bertz CT molecular complexity index is 511. The number of unbranched alkanes of at least 4 members (excludes halogenated alkanes) is 1. The number of hydrogen-bond acceptors (Lipinski definition) is 4. The normalized spacial score (nSPS) is 10.4. The van der Waals surface area contributed by atoms with Crippen molar-refractivity contribution in [2.24, 2.45) is 0 Å². The van der Waals surface area contributed by atoms with E-state index >= 15 is 0 Å². The molecule has 2 heterocycles. The van der Waals surface area contributed by atoms with Crippen molar-refractivity contribution in [3.8, 4) is 5.82 Å². The number of alkyl halides is 1. The molecule has 6 nitrogen and oxygen atoms in total. The zero-order valence-corrected chi connectivity index (χ0v) is 11.0. The smallest absolute Gasteiger partial charge is 0.224 e. The number of carbonyl (C=O) groups is 1. The van der Waals surface area contributed by atoms with Crippen LogP contribution in [0.4, 0.5) is 5.69 Å². The highest BCUT2D eigenvalue weighted by Crippen LogP contribution is 2.09. The van der Waals surface area contributed by atoms with Gasteiger partial charge in [0.05, 0.1) is 11.9 Å². The Morgan fingerprint density at radius 2 is 2.26 bits per heavy atom. The SMILES string of the molecule is O=C(CCCCCl)Nc1ccc(-n2cncn2)nc1. The van der Waals surface area contributed by atoms with Gasteiger partial charge in [0.25, 0.3) is 0 Å². The van der Waals surface area contributed by atoms with Gasteiger partial charge < -0.3 is 5.32 Å². The van der Waals surface area contributed by atoms with Crippen molar-refractivity contribution in [1.29, 1.82) is 0 Å². The molecule has 0 unspecified atom stereocenters. The molecule has 1 N–H and O–H groups in total. The van der Waals surface area contributed by atoms with Crippen LogP contribution in [0.25, 0.3) is 5.82 Å². The Balaban J connectivity index is 1.90. The van der Waals surface area contributed by atoms with Crippen LogP contribution in [-0.4, -0.2) is 31.5 Å². The Hall–Kier alpha value is -1.95. The second kappa shape index (κ2) is 6.84. The van der Waals surface area contributed by atoms with Crippen LogP contribution in [0.2, 0.25) is 0 Å². The predicted molar refractivity (Wildman–Crippen MR) is 72.4 cm³/mol. The van der Waals surface area contributed by atoms with Crippen molar-refractivity contribution >= 4 is 23.2 Å². The lowest BCUT2D eigenvalue weighted by atomic mass is 10.2. The van der Waals surface area contributed by atoms with Crippen molar-refractivity contribution in [3.05, 3.63) is 31.0 Å². The number of nitrogens with one attached hydrogen (secondary N) is 1. The summed E-state index contributed by atoms with van der Waals surface area (Å²) in [5.74, 6) is 1.21. The molecule has 0 aliphatic carbocycles. The topological polar surface area (TPSA) is 72.7 Å². The van der Waals surface area contributed by atoms with E-state index in [1.807, 2.05) is 0 Å². The van der Waals surface area contributed by atoms with E-state index in [9.17, 15) is 4.79 Å². The third-order valence-electron chi connectivity index (χ3n) is 2.47. The maximum atomic E-state index is 11.6. The fourth-order valence-corrected chi connectivity index (χ4v) is 1.71. The molecule has 7 heteroatoms. The molecule has 19 heavy (non-hydrogen) atoms. The van der Waals surface area contributed by atoms with E-state index in [1.54, 1.807) is 29.3 Å². The molecule has 1 amide bonds. The number of rotatable bonds is 6. The number of pyridine rings is 1. The van der Waals surface area contributed by atoms with Gasteiger partial charge in [-0.15, -0.1) is 11.6 Å². The van der Waals surface area contributed by atoms with Gasteiger partial charge in [-0.05, 0) is 25.0 Å². The van der Waals surface area contributed by atoms with Crippen LogP contribution in [-0.2, 0) is 4.79 Å². The molecule has 0 atom stereocenters. The summed E-state index contributed by atoms with van der Waals surface area (Å²) in [6.07, 6.45) is 6.70. The van der Waals surface area contributed by atoms with E-state index < -0.39 is 0 Å². The molecule has 0 spiro atoms. The standard InChI is InChI=1S/C12H14ClN5O/c13-6-2-1-3-12(19)17-10-4-5-11(15-7-10)18-9-14-8-16-18/h4-5,7-9H,1-3,6H2,(H,17,19). The summed E-state index contributed by atoms with van der Waals surface area (Å²) >= 11 is 5.56. The maximum absolute atomic E-state index is 11.6. The van der Waals surface area contributed by atoms with Crippen molar-refractivity contribution in [2.75, 3.05) is 11.2 Å². The predicted octanol–water partition coefficient (Wildman–Crippen LogP) is 2.01. The maximum Gasteiger partial charge on any atom is 0.224 e. The first-order valence-corrected chi connectivity index (χ1v) is 6.50. The van der Waals surface area contributed by atoms with E-state index in [4.69, 9.17) is 11.6 Å². The Kier molecular flexibility index (Phi) is 4.85. The molecule has 0 radical (unpaired) electrons. The van der Waals surface area contributed by atoms with E-state index in [-0.39, 0.29) is 5.91 Å². The summed E-state index contributed by atoms with van der Waals surface area (Å²) in [4.78, 5) is 19.6. The molecule has 0 aromatic carbocycles. The van der Waals surface area contributed by atoms with Crippen LogP contribution < -0.4 is 5.32 Å². The summed E-state index contributed by atoms with van der Waals surface area (Å²) < 4.78 is 1.55. The second-order valence-corrected chi connectivity index (χ2v) is 4.32. The average molecular weight is 280 g/mol. The van der Waals surface area contributed by atoms with Gasteiger partial charge in [-0.3, -0.25) is 4.79 Å². The minimum absolute atomic E-state index is 0.0274. The zero-order valence-electron chi connectivity index (χ0n) is 10.3. The average Bonchev–Trinajstić information content (AvgIpc) is 2.94. The van der Waals surface area contributed by atoms with Crippen molar-refractivity contribution in [2.45, 2.75) is 19.3 Å². The molecule has 2 aromatic heterocycles. The molecule has 2 aromatic rings. The van der Waals surface area contributed by atoms with Gasteiger partial charge in [-0.25, -0.2) is 14.6 Å². The van der Waals surface area contributed by atoms with Gasteiger partial charge in [0.2, 0.25) is 5.91 Å². The first kappa shape index (κ1) is 13.5. The molecule has 0 fully saturated rings. The molecular weight excluding hydrogens is 266 g/mol. The molecule has 0 saturated heterocycles. The minimum atomic E-state index is -0.0274. The summed E-state index contributed by atoms with van der Waals surface area (Å²) in [6, 6.07) is 3.55. The Labute approximate surface area is 115 Å². The van der Waals surface area contributed by atoms with Gasteiger partial charge in [-0.2, -0.15) is 5.10 Å². The fraction of sp³-hybridized carbons (Fsp3) is 0.333. The number of halogens is 1. The quantitative estimate of drug-likeness (QED) is 0.648. The number of anilines is 1. The van der Waals surface area contributed by atoms with Crippen LogP contribution in [0, 0.1) is 0 Å². The van der Waals surface area contributed by atoms with Crippen LogP contribution >= 0.6 is 11.6 Å². The Morgan fingerprint density at radius 3 is 2.89 bits per heavy atom. The largest absolute Gasteiger partial charge is 0.325 e. The van der Waals surface area contributed by atoms with E-state index in [2.05, 4.69) is 20.4 Å². The fourth-order valence-electron chi connectivity index (χ4n) is 1.53. The van der Waals surface area contributed by atoms with Gasteiger partial charge in [0.15, 0.2) is 5.82 Å². The van der Waals surface area contributed by atoms with Crippen LogP contribution in [0.3, 0.4) is 0 Å². The number of hydrogen-bond donors (Lipinski definition) is 1. The number of aromatic nitrogens is 4. The van der Waals surface area contributed by atoms with E-state index in [0.717, 1.165) is 12.8 Å². The molecule has 0 bridgehead atoms. The summed E-state index contributed by atoms with van der Waals surface area (Å²) in [5, 5.41) is 6.75. The third kappa shape index (κ3) is 4.03. The molecule has 100 valence electrons. The molecular formula is C12H14ClN5O. The van der Waals surface area contributed by atoms with E-state index in [1.165, 1.54) is 6.33 Å². The first-order chi connectivity index (χ1) is 9.29. The minimum Gasteiger partial charge on any atom is -0.325 e. The Morgan fingerprint density at radius 1 is 1.37 bits per heavy atom. The zero-order chi connectivity index (χ0) is 13.5.